The van der Waals surface area contributed by atoms with Crippen molar-refractivity contribution in [1.29, 1.82) is 0 Å². The van der Waals surface area contributed by atoms with E-state index >= 15 is 0 Å². The standard InChI is InChI=1S/C23H23N3OS/c1-4-25(3)18-11-13-20-22(15-18)28-21-14-17(24-2)10-12-19(21)26(20)23(27)16-8-6-5-7-9-16/h5-15,24H,4H2,1-3H3. The summed E-state index contributed by atoms with van der Waals surface area (Å²) in [6.45, 7) is 3.06. The van der Waals surface area contributed by atoms with Gasteiger partial charge in [-0.2, -0.15) is 0 Å². The van der Waals surface area contributed by atoms with Gasteiger partial charge in [-0.3, -0.25) is 9.69 Å². The van der Waals surface area contributed by atoms with Crippen LogP contribution in [0, 0.1) is 0 Å². The lowest BCUT2D eigenvalue weighted by Crippen LogP contribution is -2.28. The summed E-state index contributed by atoms with van der Waals surface area (Å²) in [7, 11) is 3.99. The van der Waals surface area contributed by atoms with Gasteiger partial charge in [0.15, 0.2) is 0 Å². The second kappa shape index (κ2) is 7.60. The number of benzene rings is 3. The van der Waals surface area contributed by atoms with Crippen LogP contribution in [0.15, 0.2) is 76.5 Å². The maximum Gasteiger partial charge on any atom is 0.262 e. The van der Waals surface area contributed by atoms with E-state index in [0.717, 1.165) is 39.1 Å². The van der Waals surface area contributed by atoms with E-state index in [9.17, 15) is 4.79 Å². The highest BCUT2D eigenvalue weighted by atomic mass is 32.2. The van der Waals surface area contributed by atoms with Crippen molar-refractivity contribution < 1.29 is 4.79 Å². The molecule has 1 heterocycles. The molecule has 0 bridgehead atoms. The summed E-state index contributed by atoms with van der Waals surface area (Å²) in [6, 6.07) is 21.9. The lowest BCUT2D eigenvalue weighted by molar-refractivity contribution is 0.0998. The van der Waals surface area contributed by atoms with E-state index in [1.165, 1.54) is 0 Å². The smallest absolute Gasteiger partial charge is 0.262 e. The lowest BCUT2D eigenvalue weighted by atomic mass is 10.1. The first-order valence-corrected chi connectivity index (χ1v) is 10.2. The Labute approximate surface area is 170 Å². The maximum atomic E-state index is 13.4. The van der Waals surface area contributed by atoms with Crippen LogP contribution in [0.3, 0.4) is 0 Å². The van der Waals surface area contributed by atoms with Gasteiger partial charge in [0, 0.05) is 47.4 Å². The molecule has 1 aliphatic heterocycles. The summed E-state index contributed by atoms with van der Waals surface area (Å²) < 4.78 is 0. The Morgan fingerprint density at radius 2 is 1.68 bits per heavy atom. The summed E-state index contributed by atoms with van der Waals surface area (Å²) in [5, 5.41) is 3.19. The summed E-state index contributed by atoms with van der Waals surface area (Å²) in [5.41, 5.74) is 4.70. The van der Waals surface area contributed by atoms with Crippen LogP contribution in [-0.4, -0.2) is 26.5 Å². The van der Waals surface area contributed by atoms with Crippen LogP contribution in [-0.2, 0) is 0 Å². The molecule has 0 aromatic heterocycles. The first kappa shape index (κ1) is 18.4. The third kappa shape index (κ3) is 3.22. The number of nitrogens with zero attached hydrogens (tertiary/aromatic N) is 2. The summed E-state index contributed by atoms with van der Waals surface area (Å²) in [6.07, 6.45) is 0. The first-order valence-electron chi connectivity index (χ1n) is 9.36. The molecule has 5 heteroatoms. The van der Waals surface area contributed by atoms with Crippen LogP contribution in [0.5, 0.6) is 0 Å². The molecule has 0 radical (unpaired) electrons. The largest absolute Gasteiger partial charge is 0.388 e. The van der Waals surface area contributed by atoms with Crippen molar-refractivity contribution in [1.82, 2.24) is 0 Å². The van der Waals surface area contributed by atoms with Gasteiger partial charge >= 0.3 is 0 Å². The monoisotopic (exact) mass is 389 g/mol. The molecule has 0 spiro atoms. The zero-order chi connectivity index (χ0) is 19.7. The predicted molar refractivity (Wildman–Crippen MR) is 118 cm³/mol. The van der Waals surface area contributed by atoms with E-state index in [1.807, 2.05) is 54.4 Å². The van der Waals surface area contributed by atoms with Gasteiger partial charge in [0.2, 0.25) is 0 Å². The number of carbonyl (C=O) groups excluding carboxylic acids is 1. The van der Waals surface area contributed by atoms with Crippen LogP contribution >= 0.6 is 11.8 Å². The fourth-order valence-electron chi connectivity index (χ4n) is 3.30. The Balaban J connectivity index is 1.86. The number of nitrogens with one attached hydrogen (secondary N) is 1. The Morgan fingerprint density at radius 3 is 2.36 bits per heavy atom. The third-order valence-corrected chi connectivity index (χ3v) is 6.13. The Hall–Kier alpha value is -2.92. The van der Waals surface area contributed by atoms with Gasteiger partial charge in [0.1, 0.15) is 0 Å². The lowest BCUT2D eigenvalue weighted by Gasteiger charge is -2.32. The van der Waals surface area contributed by atoms with E-state index in [4.69, 9.17) is 0 Å². The van der Waals surface area contributed by atoms with E-state index in [-0.39, 0.29) is 5.91 Å². The molecule has 1 amide bonds. The molecule has 3 aromatic carbocycles. The second-order valence-corrected chi connectivity index (χ2v) is 7.79. The molecule has 0 atom stereocenters. The van der Waals surface area contributed by atoms with Gasteiger partial charge in [-0.15, -0.1) is 0 Å². The summed E-state index contributed by atoms with van der Waals surface area (Å²) in [4.78, 5) is 19.6. The molecule has 3 aromatic rings. The molecule has 0 saturated heterocycles. The average Bonchev–Trinajstić information content (AvgIpc) is 2.76. The Morgan fingerprint density at radius 1 is 1.00 bits per heavy atom. The minimum Gasteiger partial charge on any atom is -0.388 e. The second-order valence-electron chi connectivity index (χ2n) is 6.71. The number of anilines is 4. The van der Waals surface area contributed by atoms with Crippen molar-refractivity contribution in [2.75, 3.05) is 35.8 Å². The fraction of sp³-hybridized carbons (Fsp3) is 0.174. The van der Waals surface area contributed by atoms with Crippen molar-refractivity contribution in [2.24, 2.45) is 0 Å². The number of rotatable bonds is 4. The molecular weight excluding hydrogens is 366 g/mol. The van der Waals surface area contributed by atoms with Crippen molar-refractivity contribution in [2.45, 2.75) is 16.7 Å². The van der Waals surface area contributed by atoms with Crippen molar-refractivity contribution >= 4 is 40.4 Å². The zero-order valence-corrected chi connectivity index (χ0v) is 17.1. The van der Waals surface area contributed by atoms with Crippen molar-refractivity contribution in [3.63, 3.8) is 0 Å². The quantitative estimate of drug-likeness (QED) is 0.627. The van der Waals surface area contributed by atoms with Gasteiger partial charge in [-0.05, 0) is 55.5 Å². The highest BCUT2D eigenvalue weighted by Gasteiger charge is 2.29. The number of hydrogen-bond donors (Lipinski definition) is 1. The number of amides is 1. The molecule has 0 unspecified atom stereocenters. The minimum absolute atomic E-state index is 0.0165. The molecule has 0 saturated carbocycles. The van der Waals surface area contributed by atoms with E-state index in [0.29, 0.717) is 5.56 Å². The summed E-state index contributed by atoms with van der Waals surface area (Å²) in [5.74, 6) is -0.0165. The van der Waals surface area contributed by atoms with E-state index in [2.05, 4.69) is 48.5 Å². The van der Waals surface area contributed by atoms with Crippen LogP contribution in [0.25, 0.3) is 0 Å². The molecule has 4 rings (SSSR count). The highest BCUT2D eigenvalue weighted by molar-refractivity contribution is 7.99. The summed E-state index contributed by atoms with van der Waals surface area (Å²) >= 11 is 1.71. The third-order valence-electron chi connectivity index (χ3n) is 5.03. The van der Waals surface area contributed by atoms with Crippen molar-refractivity contribution in [3.05, 3.63) is 72.3 Å². The molecular formula is C23H23N3OS. The Kier molecular flexibility index (Phi) is 5.01. The van der Waals surface area contributed by atoms with Gasteiger partial charge < -0.3 is 10.2 Å². The van der Waals surface area contributed by atoms with Gasteiger partial charge in [0.25, 0.3) is 5.91 Å². The van der Waals surface area contributed by atoms with Crippen molar-refractivity contribution in [3.8, 4) is 0 Å². The molecule has 4 nitrogen and oxygen atoms in total. The number of hydrogen-bond acceptors (Lipinski definition) is 4. The topological polar surface area (TPSA) is 35.6 Å². The van der Waals surface area contributed by atoms with Gasteiger partial charge in [0.05, 0.1) is 11.4 Å². The highest BCUT2D eigenvalue weighted by Crippen LogP contribution is 2.50. The maximum absolute atomic E-state index is 13.4. The van der Waals surface area contributed by atoms with E-state index < -0.39 is 0 Å². The van der Waals surface area contributed by atoms with Gasteiger partial charge in [-0.25, -0.2) is 0 Å². The van der Waals surface area contributed by atoms with Crippen LogP contribution < -0.4 is 15.1 Å². The molecule has 1 N–H and O–H groups in total. The van der Waals surface area contributed by atoms with Crippen LogP contribution in [0.4, 0.5) is 22.7 Å². The van der Waals surface area contributed by atoms with Crippen LogP contribution in [0.1, 0.15) is 17.3 Å². The number of fused-ring (bicyclic) bond motifs is 2. The zero-order valence-electron chi connectivity index (χ0n) is 16.3. The van der Waals surface area contributed by atoms with E-state index in [1.54, 1.807) is 11.8 Å². The number of carbonyl (C=O) groups is 1. The Bertz CT molecular complexity index is 1020. The van der Waals surface area contributed by atoms with Gasteiger partial charge in [-0.1, -0.05) is 30.0 Å². The van der Waals surface area contributed by atoms with Crippen LogP contribution in [0.2, 0.25) is 0 Å². The fourth-order valence-corrected chi connectivity index (χ4v) is 4.43. The average molecular weight is 390 g/mol. The SMILES string of the molecule is CCN(C)c1ccc2c(c1)Sc1cc(NC)ccc1N2C(=O)c1ccccc1. The molecule has 142 valence electrons. The first-order chi connectivity index (χ1) is 13.6. The molecule has 28 heavy (non-hydrogen) atoms. The molecule has 0 fully saturated rings. The normalized spacial score (nSPS) is 12.2. The predicted octanol–water partition coefficient (Wildman–Crippen LogP) is 5.63. The minimum atomic E-state index is -0.0165. The molecule has 0 aliphatic carbocycles. The molecule has 1 aliphatic rings.